The molecule has 33 heavy (non-hydrogen) atoms. The maximum absolute atomic E-state index is 12.4. The summed E-state index contributed by atoms with van der Waals surface area (Å²) in [5.41, 5.74) is 5.38. The fourth-order valence-corrected chi connectivity index (χ4v) is 3.53. The monoisotopic (exact) mass is 484 g/mol. The Morgan fingerprint density at radius 2 is 1.73 bits per heavy atom. The molecule has 0 aliphatic carbocycles. The third-order valence-electron chi connectivity index (χ3n) is 4.85. The predicted octanol–water partition coefficient (Wildman–Crippen LogP) is 7.09. The Balaban J connectivity index is 1.75. The summed E-state index contributed by atoms with van der Waals surface area (Å²) >= 11 is 12.6. The first-order valence-corrected chi connectivity index (χ1v) is 11.3. The second kappa shape index (κ2) is 11.2. The predicted molar refractivity (Wildman–Crippen MR) is 136 cm³/mol. The summed E-state index contributed by atoms with van der Waals surface area (Å²) in [6.45, 7) is 7.97. The van der Waals surface area contributed by atoms with Crippen LogP contribution in [0.3, 0.4) is 0 Å². The van der Waals surface area contributed by atoms with Gasteiger partial charge in [0.2, 0.25) is 0 Å². The normalized spacial score (nSPS) is 11.0. The molecule has 0 heterocycles. The van der Waals surface area contributed by atoms with Gasteiger partial charge in [0.05, 0.1) is 17.3 Å². The number of rotatable bonds is 8. The van der Waals surface area contributed by atoms with Crippen molar-refractivity contribution in [2.75, 3.05) is 18.5 Å². The fourth-order valence-electron chi connectivity index (χ4n) is 3.07. The maximum Gasteiger partial charge on any atom is 0.262 e. The van der Waals surface area contributed by atoms with E-state index in [0.717, 1.165) is 27.9 Å². The van der Waals surface area contributed by atoms with E-state index in [-0.39, 0.29) is 12.5 Å². The SMILES string of the molecule is CCOc1cc(C=Nc2cc(C)ccc2C)cc(Cl)c1OCC(=O)Nc1ccc(C)c(Cl)c1. The first-order valence-electron chi connectivity index (χ1n) is 10.5. The number of ether oxygens (including phenoxy) is 2. The number of aliphatic imine (C=N–C) groups is 1. The largest absolute Gasteiger partial charge is 0.490 e. The highest BCUT2D eigenvalue weighted by Crippen LogP contribution is 2.36. The number of nitrogens with zero attached hydrogens (tertiary/aromatic N) is 1. The smallest absolute Gasteiger partial charge is 0.262 e. The number of amides is 1. The fraction of sp³-hybridized carbons (Fsp3) is 0.231. The summed E-state index contributed by atoms with van der Waals surface area (Å²) < 4.78 is 11.4. The summed E-state index contributed by atoms with van der Waals surface area (Å²) in [6.07, 6.45) is 1.73. The average molecular weight is 485 g/mol. The van der Waals surface area contributed by atoms with Crippen molar-refractivity contribution in [3.63, 3.8) is 0 Å². The Kier molecular flexibility index (Phi) is 8.37. The second-order valence-electron chi connectivity index (χ2n) is 7.61. The lowest BCUT2D eigenvalue weighted by molar-refractivity contribution is -0.118. The molecule has 0 saturated heterocycles. The Morgan fingerprint density at radius 3 is 2.45 bits per heavy atom. The molecule has 3 aromatic carbocycles. The van der Waals surface area contributed by atoms with Crippen molar-refractivity contribution in [3.05, 3.63) is 80.8 Å². The average Bonchev–Trinajstić information content (AvgIpc) is 2.76. The minimum atomic E-state index is -0.339. The molecule has 0 saturated carbocycles. The number of halogens is 2. The number of hydrogen-bond acceptors (Lipinski definition) is 4. The van der Waals surface area contributed by atoms with Crippen molar-refractivity contribution in [2.45, 2.75) is 27.7 Å². The quantitative estimate of drug-likeness (QED) is 0.347. The lowest BCUT2D eigenvalue weighted by Gasteiger charge is -2.14. The molecule has 172 valence electrons. The number of benzene rings is 3. The Bertz CT molecular complexity index is 1190. The Labute approximate surface area is 204 Å². The van der Waals surface area contributed by atoms with Gasteiger partial charge in [-0.25, -0.2) is 0 Å². The van der Waals surface area contributed by atoms with Crippen molar-refractivity contribution < 1.29 is 14.3 Å². The number of aryl methyl sites for hydroxylation is 3. The lowest BCUT2D eigenvalue weighted by Crippen LogP contribution is -2.20. The minimum Gasteiger partial charge on any atom is -0.490 e. The van der Waals surface area contributed by atoms with Gasteiger partial charge in [-0.1, -0.05) is 41.4 Å². The third kappa shape index (κ3) is 6.73. The van der Waals surface area contributed by atoms with Gasteiger partial charge >= 0.3 is 0 Å². The van der Waals surface area contributed by atoms with Crippen LogP contribution >= 0.6 is 23.2 Å². The molecule has 0 aliphatic heterocycles. The van der Waals surface area contributed by atoms with Crippen LogP contribution in [0.15, 0.2) is 53.5 Å². The Hall–Kier alpha value is -3.02. The minimum absolute atomic E-state index is 0.235. The molecule has 0 aliphatic rings. The van der Waals surface area contributed by atoms with E-state index in [0.29, 0.717) is 33.8 Å². The van der Waals surface area contributed by atoms with Crippen molar-refractivity contribution in [2.24, 2.45) is 4.99 Å². The molecule has 0 radical (unpaired) electrons. The van der Waals surface area contributed by atoms with Crippen LogP contribution in [0.4, 0.5) is 11.4 Å². The van der Waals surface area contributed by atoms with Gasteiger partial charge in [0, 0.05) is 16.9 Å². The molecule has 3 aromatic rings. The molecule has 1 amide bonds. The molecular formula is C26H26Cl2N2O3. The molecule has 0 atom stereocenters. The number of carbonyl (C=O) groups excluding carboxylic acids is 1. The first kappa shape index (κ1) is 24.6. The van der Waals surface area contributed by atoms with E-state index in [4.69, 9.17) is 32.7 Å². The van der Waals surface area contributed by atoms with E-state index < -0.39 is 0 Å². The van der Waals surface area contributed by atoms with E-state index >= 15 is 0 Å². The zero-order valence-corrected chi connectivity index (χ0v) is 20.6. The molecule has 3 rings (SSSR count). The van der Waals surface area contributed by atoms with E-state index in [2.05, 4.69) is 10.3 Å². The molecule has 0 aromatic heterocycles. The van der Waals surface area contributed by atoms with Gasteiger partial charge in [0.1, 0.15) is 0 Å². The van der Waals surface area contributed by atoms with Crippen LogP contribution in [0.5, 0.6) is 11.5 Å². The third-order valence-corrected chi connectivity index (χ3v) is 5.54. The topological polar surface area (TPSA) is 59.9 Å². The zero-order chi connectivity index (χ0) is 24.0. The highest BCUT2D eigenvalue weighted by molar-refractivity contribution is 6.32. The zero-order valence-electron chi connectivity index (χ0n) is 19.0. The van der Waals surface area contributed by atoms with Crippen LogP contribution in [0.1, 0.15) is 29.2 Å². The summed E-state index contributed by atoms with van der Waals surface area (Å²) in [6, 6.07) is 14.9. The van der Waals surface area contributed by atoms with E-state index in [9.17, 15) is 4.79 Å². The molecule has 7 heteroatoms. The van der Waals surface area contributed by atoms with Crippen LogP contribution in [0.2, 0.25) is 10.0 Å². The maximum atomic E-state index is 12.4. The summed E-state index contributed by atoms with van der Waals surface area (Å²) in [5.74, 6) is 0.409. The summed E-state index contributed by atoms with van der Waals surface area (Å²) in [7, 11) is 0. The molecular weight excluding hydrogens is 459 g/mol. The molecule has 0 spiro atoms. The van der Waals surface area contributed by atoms with Gasteiger partial charge in [0.15, 0.2) is 18.1 Å². The lowest BCUT2D eigenvalue weighted by atomic mass is 10.1. The van der Waals surface area contributed by atoms with Gasteiger partial charge < -0.3 is 14.8 Å². The summed E-state index contributed by atoms with van der Waals surface area (Å²) in [5, 5.41) is 3.66. The van der Waals surface area contributed by atoms with E-state index in [1.807, 2.05) is 52.0 Å². The highest BCUT2D eigenvalue weighted by Gasteiger charge is 2.14. The van der Waals surface area contributed by atoms with Crippen molar-refractivity contribution >= 4 is 46.7 Å². The molecule has 0 unspecified atom stereocenters. The molecule has 0 fully saturated rings. The van der Waals surface area contributed by atoms with Crippen LogP contribution in [0.25, 0.3) is 0 Å². The highest BCUT2D eigenvalue weighted by atomic mass is 35.5. The van der Waals surface area contributed by atoms with Crippen molar-refractivity contribution in [1.82, 2.24) is 0 Å². The van der Waals surface area contributed by atoms with Gasteiger partial charge in [-0.3, -0.25) is 9.79 Å². The van der Waals surface area contributed by atoms with Crippen molar-refractivity contribution in [3.8, 4) is 11.5 Å². The number of carbonyl (C=O) groups is 1. The van der Waals surface area contributed by atoms with Gasteiger partial charge in [0.25, 0.3) is 5.91 Å². The van der Waals surface area contributed by atoms with Crippen LogP contribution in [-0.4, -0.2) is 25.3 Å². The van der Waals surface area contributed by atoms with Gasteiger partial charge in [-0.05, 0) is 80.3 Å². The van der Waals surface area contributed by atoms with E-state index in [1.165, 1.54) is 0 Å². The van der Waals surface area contributed by atoms with Crippen molar-refractivity contribution in [1.29, 1.82) is 0 Å². The molecule has 0 bridgehead atoms. The van der Waals surface area contributed by atoms with Crippen LogP contribution < -0.4 is 14.8 Å². The number of anilines is 1. The van der Waals surface area contributed by atoms with Gasteiger partial charge in [-0.2, -0.15) is 0 Å². The number of hydrogen-bond donors (Lipinski definition) is 1. The molecule has 5 nitrogen and oxygen atoms in total. The second-order valence-corrected chi connectivity index (χ2v) is 8.43. The summed E-state index contributed by atoms with van der Waals surface area (Å²) in [4.78, 5) is 17.0. The standard InChI is InChI=1S/C26H26Cl2N2O3/c1-5-32-24-12-19(14-29-23-10-16(2)6-7-18(23)4)11-22(28)26(24)33-15-25(31)30-20-9-8-17(3)21(27)13-20/h6-14H,5,15H2,1-4H3,(H,30,31). The van der Waals surface area contributed by atoms with Gasteiger partial charge in [-0.15, -0.1) is 0 Å². The number of nitrogens with one attached hydrogen (secondary N) is 1. The van der Waals surface area contributed by atoms with Crippen LogP contribution in [0, 0.1) is 20.8 Å². The Morgan fingerprint density at radius 1 is 0.970 bits per heavy atom. The first-order chi connectivity index (χ1) is 15.8. The molecule has 1 N–H and O–H groups in total. The van der Waals surface area contributed by atoms with Crippen LogP contribution in [-0.2, 0) is 4.79 Å². The van der Waals surface area contributed by atoms with E-state index in [1.54, 1.807) is 30.5 Å².